The van der Waals surface area contributed by atoms with Gasteiger partial charge in [-0.05, 0) is 11.6 Å². The molecular formula is C10H11N3O3. The molecule has 0 fully saturated rings. The van der Waals surface area contributed by atoms with E-state index in [1.165, 1.54) is 4.90 Å². The third-order valence-electron chi connectivity index (χ3n) is 2.54. The monoisotopic (exact) mass is 221 g/mol. The van der Waals surface area contributed by atoms with Crippen LogP contribution in [0.15, 0.2) is 12.1 Å². The number of nitrogens with two attached hydrogens (primary N) is 1. The van der Waals surface area contributed by atoms with Crippen molar-refractivity contribution in [2.75, 3.05) is 12.3 Å². The number of pyridine rings is 1. The van der Waals surface area contributed by atoms with Gasteiger partial charge in [0.1, 0.15) is 5.82 Å². The first-order valence-corrected chi connectivity index (χ1v) is 4.84. The van der Waals surface area contributed by atoms with Crippen LogP contribution < -0.4 is 5.73 Å². The lowest BCUT2D eigenvalue weighted by Gasteiger charge is -2.26. The normalized spacial score (nSPS) is 14.4. The van der Waals surface area contributed by atoms with E-state index in [2.05, 4.69) is 4.98 Å². The van der Waals surface area contributed by atoms with Gasteiger partial charge in [0.05, 0.1) is 0 Å². The van der Waals surface area contributed by atoms with E-state index in [4.69, 9.17) is 10.8 Å². The van der Waals surface area contributed by atoms with Gasteiger partial charge in [-0.1, -0.05) is 6.07 Å². The van der Waals surface area contributed by atoms with Crippen LogP contribution in [0.5, 0.6) is 0 Å². The van der Waals surface area contributed by atoms with E-state index < -0.39 is 11.9 Å². The van der Waals surface area contributed by atoms with Gasteiger partial charge in [0.2, 0.25) is 0 Å². The van der Waals surface area contributed by atoms with Crippen LogP contribution in [-0.4, -0.2) is 33.4 Å². The highest BCUT2D eigenvalue weighted by Gasteiger charge is 2.25. The van der Waals surface area contributed by atoms with E-state index in [9.17, 15) is 9.59 Å². The molecule has 0 atom stereocenters. The number of carboxylic acids is 1. The fraction of sp³-hybridized carbons (Fsp3) is 0.300. The minimum Gasteiger partial charge on any atom is -0.474 e. The first-order valence-electron chi connectivity index (χ1n) is 4.84. The zero-order chi connectivity index (χ0) is 11.7. The number of hydrogen-bond donors (Lipinski definition) is 2. The van der Waals surface area contributed by atoms with Gasteiger partial charge in [0, 0.05) is 25.2 Å². The number of nitrogens with zero attached hydrogens (tertiary/aromatic N) is 2. The summed E-state index contributed by atoms with van der Waals surface area (Å²) in [6.45, 7) is 0.655. The Labute approximate surface area is 91.7 Å². The fourth-order valence-corrected chi connectivity index (χ4v) is 1.74. The molecule has 0 saturated carbocycles. The van der Waals surface area contributed by atoms with Crippen molar-refractivity contribution in [1.29, 1.82) is 0 Å². The molecule has 0 aromatic carbocycles. The lowest BCUT2D eigenvalue weighted by atomic mass is 10.1. The number of nitrogen functional groups attached to an aromatic ring is 1. The van der Waals surface area contributed by atoms with Crippen molar-refractivity contribution in [1.82, 2.24) is 9.88 Å². The van der Waals surface area contributed by atoms with Crippen LogP contribution in [0.25, 0.3) is 0 Å². The summed E-state index contributed by atoms with van der Waals surface area (Å²) in [5.74, 6) is -1.86. The van der Waals surface area contributed by atoms with Gasteiger partial charge >= 0.3 is 11.9 Å². The first-order chi connectivity index (χ1) is 7.58. The third kappa shape index (κ3) is 1.81. The van der Waals surface area contributed by atoms with E-state index >= 15 is 0 Å². The van der Waals surface area contributed by atoms with Crippen molar-refractivity contribution in [2.45, 2.75) is 13.0 Å². The minimum absolute atomic E-state index is 0.285. The highest BCUT2D eigenvalue weighted by molar-refractivity contribution is 6.31. The molecule has 84 valence electrons. The van der Waals surface area contributed by atoms with Crippen molar-refractivity contribution >= 4 is 17.7 Å². The third-order valence-corrected chi connectivity index (χ3v) is 2.54. The van der Waals surface area contributed by atoms with Crippen LogP contribution in [0.1, 0.15) is 11.3 Å². The molecule has 1 aromatic heterocycles. The van der Waals surface area contributed by atoms with Crippen molar-refractivity contribution in [2.24, 2.45) is 0 Å². The Morgan fingerprint density at radius 1 is 1.44 bits per heavy atom. The molecule has 0 saturated heterocycles. The van der Waals surface area contributed by atoms with Crippen LogP contribution in [0, 0.1) is 0 Å². The highest BCUT2D eigenvalue weighted by atomic mass is 16.4. The van der Waals surface area contributed by atoms with E-state index in [0.717, 1.165) is 11.3 Å². The predicted molar refractivity (Wildman–Crippen MR) is 55.4 cm³/mol. The summed E-state index contributed by atoms with van der Waals surface area (Å²) in [7, 11) is 0. The molecule has 0 radical (unpaired) electrons. The molecule has 1 amide bonds. The summed E-state index contributed by atoms with van der Waals surface area (Å²) in [4.78, 5) is 27.2. The maximum Gasteiger partial charge on any atom is 0.394 e. The molecule has 2 heterocycles. The Morgan fingerprint density at radius 2 is 2.19 bits per heavy atom. The number of aliphatic carboxylic acids is 1. The summed E-state index contributed by atoms with van der Waals surface area (Å²) in [6.07, 6.45) is 0.541. The van der Waals surface area contributed by atoms with Gasteiger partial charge in [-0.25, -0.2) is 9.78 Å². The Balaban J connectivity index is 2.21. The zero-order valence-electron chi connectivity index (χ0n) is 8.51. The number of rotatable bonds is 0. The van der Waals surface area contributed by atoms with Gasteiger partial charge in [-0.15, -0.1) is 0 Å². The average molecular weight is 221 g/mol. The molecular weight excluding hydrogens is 210 g/mol. The molecule has 1 aliphatic heterocycles. The number of aromatic nitrogens is 1. The summed E-state index contributed by atoms with van der Waals surface area (Å²) in [5.41, 5.74) is 7.24. The number of fused-ring (bicyclic) bond motifs is 1. The van der Waals surface area contributed by atoms with Crippen LogP contribution in [0.4, 0.5) is 5.82 Å². The fourth-order valence-electron chi connectivity index (χ4n) is 1.74. The van der Waals surface area contributed by atoms with Crippen molar-refractivity contribution < 1.29 is 14.7 Å². The Morgan fingerprint density at radius 3 is 2.88 bits per heavy atom. The Kier molecular flexibility index (Phi) is 2.47. The maximum absolute atomic E-state index is 11.3. The number of anilines is 1. The predicted octanol–water partition coefficient (Wildman–Crippen LogP) is -0.367. The topological polar surface area (TPSA) is 96.5 Å². The van der Waals surface area contributed by atoms with Crippen molar-refractivity contribution in [3.8, 4) is 0 Å². The molecule has 6 nitrogen and oxygen atoms in total. The summed E-state index contributed by atoms with van der Waals surface area (Å²) in [6, 6.07) is 3.42. The van der Waals surface area contributed by atoms with E-state index in [0.29, 0.717) is 18.8 Å². The number of carbonyl (C=O) groups excluding carboxylic acids is 1. The molecule has 0 aliphatic carbocycles. The standard InChI is InChI=1S/C10H11N3O3/c11-8-2-1-6-5-13(9(14)10(15)16)4-3-7(6)12-8/h1-2H,3-5H2,(H2,11,12)(H,15,16). The Hall–Kier alpha value is -2.11. The smallest absolute Gasteiger partial charge is 0.394 e. The second-order valence-electron chi connectivity index (χ2n) is 3.62. The van der Waals surface area contributed by atoms with Crippen LogP contribution >= 0.6 is 0 Å². The van der Waals surface area contributed by atoms with Gasteiger partial charge in [-0.2, -0.15) is 0 Å². The minimum atomic E-state index is -1.42. The molecule has 0 bridgehead atoms. The molecule has 0 unspecified atom stereocenters. The summed E-state index contributed by atoms with van der Waals surface area (Å²) < 4.78 is 0. The lowest BCUT2D eigenvalue weighted by Crippen LogP contribution is -2.40. The lowest BCUT2D eigenvalue weighted by molar-refractivity contribution is -0.156. The van der Waals surface area contributed by atoms with E-state index in [1.807, 2.05) is 0 Å². The second-order valence-corrected chi connectivity index (χ2v) is 3.62. The molecule has 0 spiro atoms. The van der Waals surface area contributed by atoms with Crippen LogP contribution in [0.3, 0.4) is 0 Å². The number of hydrogen-bond acceptors (Lipinski definition) is 4. The van der Waals surface area contributed by atoms with Crippen LogP contribution in [-0.2, 0) is 22.6 Å². The van der Waals surface area contributed by atoms with E-state index in [-0.39, 0.29) is 6.54 Å². The highest BCUT2D eigenvalue weighted by Crippen LogP contribution is 2.18. The largest absolute Gasteiger partial charge is 0.474 e. The van der Waals surface area contributed by atoms with Gasteiger partial charge in [0.25, 0.3) is 0 Å². The van der Waals surface area contributed by atoms with Gasteiger partial charge < -0.3 is 15.7 Å². The maximum atomic E-state index is 11.3. The number of carboxylic acid groups (broad SMARTS) is 1. The average Bonchev–Trinajstić information content (AvgIpc) is 2.27. The molecule has 6 heteroatoms. The molecule has 1 aliphatic rings. The molecule has 3 N–H and O–H groups in total. The van der Waals surface area contributed by atoms with Crippen molar-refractivity contribution in [3.63, 3.8) is 0 Å². The molecule has 1 aromatic rings. The SMILES string of the molecule is Nc1ccc2c(n1)CCN(C(=O)C(=O)O)C2. The summed E-state index contributed by atoms with van der Waals surface area (Å²) in [5, 5.41) is 8.60. The van der Waals surface area contributed by atoms with Crippen molar-refractivity contribution in [3.05, 3.63) is 23.4 Å². The molecule has 16 heavy (non-hydrogen) atoms. The molecule has 2 rings (SSSR count). The quantitative estimate of drug-likeness (QED) is 0.583. The number of amides is 1. The number of carbonyl (C=O) groups is 2. The Bertz CT molecular complexity index is 459. The van der Waals surface area contributed by atoms with E-state index in [1.54, 1.807) is 12.1 Å². The van der Waals surface area contributed by atoms with Gasteiger partial charge in [0.15, 0.2) is 0 Å². The van der Waals surface area contributed by atoms with Crippen LogP contribution in [0.2, 0.25) is 0 Å². The first kappa shape index (κ1) is 10.4. The summed E-state index contributed by atoms with van der Waals surface area (Å²) >= 11 is 0. The zero-order valence-corrected chi connectivity index (χ0v) is 8.51. The van der Waals surface area contributed by atoms with Gasteiger partial charge in [-0.3, -0.25) is 4.79 Å². The second kappa shape index (κ2) is 3.80.